The average molecular weight is 402 g/mol. The summed E-state index contributed by atoms with van der Waals surface area (Å²) in [7, 11) is 0. The minimum Gasteiger partial charge on any atom is -0.350 e. The van der Waals surface area contributed by atoms with Gasteiger partial charge in [0.2, 0.25) is 11.8 Å². The lowest BCUT2D eigenvalue weighted by atomic mass is 10.1. The Morgan fingerprint density at radius 3 is 2.41 bits per heavy atom. The van der Waals surface area contributed by atoms with Crippen LogP contribution in [0.2, 0.25) is 0 Å². The number of benzene rings is 1. The maximum atomic E-state index is 13.0. The summed E-state index contributed by atoms with van der Waals surface area (Å²) in [6.45, 7) is 2.02. The first-order chi connectivity index (χ1) is 14.0. The van der Waals surface area contributed by atoms with Crippen molar-refractivity contribution in [2.45, 2.75) is 51.5 Å². The van der Waals surface area contributed by atoms with Gasteiger partial charge in [-0.15, -0.1) is 0 Å². The van der Waals surface area contributed by atoms with Gasteiger partial charge in [0.05, 0.1) is 6.54 Å². The highest BCUT2D eigenvalue weighted by molar-refractivity contribution is 6.39. The van der Waals surface area contributed by atoms with Gasteiger partial charge >= 0.3 is 0 Å². The minimum absolute atomic E-state index is 0.0610. The van der Waals surface area contributed by atoms with Crippen LogP contribution in [0.1, 0.15) is 50.5 Å². The molecule has 3 amide bonds. The summed E-state index contributed by atoms with van der Waals surface area (Å²) in [5.41, 5.74) is 1.00. The maximum Gasteiger partial charge on any atom is 0.267 e. The van der Waals surface area contributed by atoms with Gasteiger partial charge in [0, 0.05) is 38.9 Å². The molecule has 0 atom stereocenters. The number of hydrazone groups is 1. The second-order valence-corrected chi connectivity index (χ2v) is 7.43. The summed E-state index contributed by atoms with van der Waals surface area (Å²) in [6, 6.07) is 5.81. The van der Waals surface area contributed by atoms with E-state index in [9.17, 15) is 18.8 Å². The summed E-state index contributed by atoms with van der Waals surface area (Å²) >= 11 is 0. The molecule has 0 spiro atoms. The minimum atomic E-state index is -0.356. The number of hydrogen-bond acceptors (Lipinski definition) is 4. The molecule has 1 N–H and O–H groups in total. The van der Waals surface area contributed by atoms with E-state index >= 15 is 0 Å². The molecule has 1 fully saturated rings. The molecule has 8 heteroatoms. The van der Waals surface area contributed by atoms with Crippen LogP contribution in [0.15, 0.2) is 29.4 Å². The third-order valence-electron chi connectivity index (χ3n) is 5.20. The summed E-state index contributed by atoms with van der Waals surface area (Å²) in [5, 5.41) is 8.16. The standard InChI is InChI=1S/C21H27FN4O3/c22-17-7-5-16(6-8-17)15-26-20(28)10-9-18(24-26)21(29)23-12-11-19(27)25-13-3-1-2-4-14-25/h5-8H,1-4,9-15H2,(H,23,29). The second kappa shape index (κ2) is 10.1. The first-order valence-corrected chi connectivity index (χ1v) is 10.2. The van der Waals surface area contributed by atoms with Crippen molar-refractivity contribution < 1.29 is 18.8 Å². The number of nitrogens with zero attached hydrogens (tertiary/aromatic N) is 3. The largest absolute Gasteiger partial charge is 0.350 e. The van der Waals surface area contributed by atoms with E-state index < -0.39 is 0 Å². The molecule has 0 radical (unpaired) electrons. The monoisotopic (exact) mass is 402 g/mol. The normalized spacial score (nSPS) is 17.6. The highest BCUT2D eigenvalue weighted by Crippen LogP contribution is 2.14. The zero-order chi connectivity index (χ0) is 20.6. The molecule has 3 rings (SSSR count). The van der Waals surface area contributed by atoms with Gasteiger partial charge in [-0.05, 0) is 30.5 Å². The molecule has 2 aliphatic rings. The van der Waals surface area contributed by atoms with E-state index in [0.717, 1.165) is 44.3 Å². The van der Waals surface area contributed by atoms with Crippen molar-refractivity contribution in [1.29, 1.82) is 0 Å². The van der Waals surface area contributed by atoms with E-state index in [1.54, 1.807) is 12.1 Å². The van der Waals surface area contributed by atoms with Crippen LogP contribution in [0.4, 0.5) is 4.39 Å². The lowest BCUT2D eigenvalue weighted by Crippen LogP contribution is -2.40. The van der Waals surface area contributed by atoms with Gasteiger partial charge in [-0.25, -0.2) is 9.40 Å². The predicted molar refractivity (Wildman–Crippen MR) is 106 cm³/mol. The number of rotatable bonds is 6. The number of nitrogens with one attached hydrogen (secondary N) is 1. The molecule has 1 saturated heterocycles. The molecule has 0 unspecified atom stereocenters. The van der Waals surface area contributed by atoms with Crippen LogP contribution in [-0.2, 0) is 20.9 Å². The molecule has 1 aromatic carbocycles. The Morgan fingerprint density at radius 2 is 1.72 bits per heavy atom. The van der Waals surface area contributed by atoms with Gasteiger partial charge < -0.3 is 10.2 Å². The fourth-order valence-corrected chi connectivity index (χ4v) is 3.51. The van der Waals surface area contributed by atoms with Crippen molar-refractivity contribution >= 4 is 23.4 Å². The topological polar surface area (TPSA) is 82.1 Å². The average Bonchev–Trinajstić information content (AvgIpc) is 3.01. The summed E-state index contributed by atoms with van der Waals surface area (Å²) in [5.74, 6) is -0.824. The molecular weight excluding hydrogens is 375 g/mol. The maximum absolute atomic E-state index is 13.0. The Kier molecular flexibility index (Phi) is 7.32. The lowest BCUT2D eigenvalue weighted by Gasteiger charge is -2.23. The van der Waals surface area contributed by atoms with Crippen molar-refractivity contribution in [2.24, 2.45) is 5.10 Å². The van der Waals surface area contributed by atoms with Crippen LogP contribution in [0.3, 0.4) is 0 Å². The zero-order valence-electron chi connectivity index (χ0n) is 16.5. The lowest BCUT2D eigenvalue weighted by molar-refractivity contribution is -0.132. The number of halogens is 1. The first kappa shape index (κ1) is 21.0. The summed E-state index contributed by atoms with van der Waals surface area (Å²) < 4.78 is 13.0. The highest BCUT2D eigenvalue weighted by Gasteiger charge is 2.24. The smallest absolute Gasteiger partial charge is 0.267 e. The van der Waals surface area contributed by atoms with Crippen molar-refractivity contribution in [3.05, 3.63) is 35.6 Å². The summed E-state index contributed by atoms with van der Waals surface area (Å²) in [6.07, 6.45) is 5.11. The van der Waals surface area contributed by atoms with Crippen molar-refractivity contribution in [1.82, 2.24) is 15.2 Å². The molecule has 0 bridgehead atoms. The Bertz CT molecular complexity index is 771. The number of hydrogen-bond donors (Lipinski definition) is 1. The number of likely N-dealkylation sites (tertiary alicyclic amines) is 1. The van der Waals surface area contributed by atoms with Gasteiger partial charge in [-0.2, -0.15) is 5.10 Å². The van der Waals surface area contributed by atoms with E-state index in [2.05, 4.69) is 10.4 Å². The Hall–Kier alpha value is -2.77. The van der Waals surface area contributed by atoms with Gasteiger partial charge in [-0.1, -0.05) is 25.0 Å². The Labute approximate surface area is 169 Å². The molecule has 1 aromatic rings. The molecule has 7 nitrogen and oxygen atoms in total. The third kappa shape index (κ3) is 6.10. The van der Waals surface area contributed by atoms with E-state index in [0.29, 0.717) is 0 Å². The van der Waals surface area contributed by atoms with Gasteiger partial charge in [-0.3, -0.25) is 14.4 Å². The molecule has 0 aromatic heterocycles. The van der Waals surface area contributed by atoms with Crippen LogP contribution in [0, 0.1) is 5.82 Å². The van der Waals surface area contributed by atoms with E-state index in [-0.39, 0.29) is 61.6 Å². The molecule has 0 saturated carbocycles. The quantitative estimate of drug-likeness (QED) is 0.792. The van der Waals surface area contributed by atoms with E-state index in [4.69, 9.17) is 0 Å². The van der Waals surface area contributed by atoms with Crippen LogP contribution >= 0.6 is 0 Å². The second-order valence-electron chi connectivity index (χ2n) is 7.43. The highest BCUT2D eigenvalue weighted by atomic mass is 19.1. The van der Waals surface area contributed by atoms with Gasteiger partial charge in [0.1, 0.15) is 11.5 Å². The molecule has 2 heterocycles. The molecule has 2 aliphatic heterocycles. The van der Waals surface area contributed by atoms with Crippen LogP contribution in [0.5, 0.6) is 0 Å². The van der Waals surface area contributed by atoms with Crippen molar-refractivity contribution in [2.75, 3.05) is 19.6 Å². The molecule has 29 heavy (non-hydrogen) atoms. The van der Waals surface area contributed by atoms with Crippen molar-refractivity contribution in [3.8, 4) is 0 Å². The van der Waals surface area contributed by atoms with Crippen molar-refractivity contribution in [3.63, 3.8) is 0 Å². The fourth-order valence-electron chi connectivity index (χ4n) is 3.51. The fraction of sp³-hybridized carbons (Fsp3) is 0.524. The molecular formula is C21H27FN4O3. The van der Waals surface area contributed by atoms with E-state index in [1.807, 2.05) is 4.90 Å². The van der Waals surface area contributed by atoms with E-state index in [1.165, 1.54) is 17.1 Å². The summed E-state index contributed by atoms with van der Waals surface area (Å²) in [4.78, 5) is 38.7. The zero-order valence-corrected chi connectivity index (χ0v) is 16.5. The number of carbonyl (C=O) groups excluding carboxylic acids is 3. The number of carbonyl (C=O) groups is 3. The molecule has 0 aliphatic carbocycles. The van der Waals surface area contributed by atoms with Crippen LogP contribution in [-0.4, -0.2) is 53.0 Å². The Morgan fingerprint density at radius 1 is 1.03 bits per heavy atom. The van der Waals surface area contributed by atoms with Gasteiger partial charge in [0.25, 0.3) is 5.91 Å². The predicted octanol–water partition coefficient (Wildman–Crippen LogP) is 2.21. The first-order valence-electron chi connectivity index (χ1n) is 10.2. The number of amides is 3. The van der Waals surface area contributed by atoms with Gasteiger partial charge in [0.15, 0.2) is 0 Å². The Balaban J connectivity index is 1.50. The SMILES string of the molecule is O=C(NCCC(=O)N1CCCCCC1)C1=NN(Cc2ccc(F)cc2)C(=O)CC1. The van der Waals surface area contributed by atoms with Crippen LogP contribution in [0.25, 0.3) is 0 Å². The third-order valence-corrected chi connectivity index (χ3v) is 5.20. The van der Waals surface area contributed by atoms with Crippen LogP contribution < -0.4 is 5.32 Å². The molecule has 156 valence electrons.